The van der Waals surface area contributed by atoms with Crippen LogP contribution in [-0.4, -0.2) is 38.1 Å². The molecule has 0 aliphatic carbocycles. The van der Waals surface area contributed by atoms with Crippen molar-refractivity contribution in [1.82, 2.24) is 10.6 Å². The van der Waals surface area contributed by atoms with E-state index in [-0.39, 0.29) is 6.54 Å². The van der Waals surface area contributed by atoms with Crippen LogP contribution in [-0.2, 0) is 4.74 Å². The first-order chi connectivity index (χ1) is 5.81. The van der Waals surface area contributed by atoms with Crippen LogP contribution in [0.2, 0.25) is 0 Å². The molecule has 0 aromatic heterocycles. The fourth-order valence-corrected chi connectivity index (χ4v) is 0.808. The van der Waals surface area contributed by atoms with Gasteiger partial charge in [0.1, 0.15) is 6.67 Å². The molecule has 0 saturated heterocycles. The molecule has 0 heterocycles. The Morgan fingerprint density at radius 2 is 2.08 bits per heavy atom. The van der Waals surface area contributed by atoms with Gasteiger partial charge in [-0.1, -0.05) is 0 Å². The molecule has 0 rings (SSSR count). The van der Waals surface area contributed by atoms with Crippen molar-refractivity contribution in [1.29, 1.82) is 0 Å². The summed E-state index contributed by atoms with van der Waals surface area (Å²) in [6, 6.07) is 0. The van der Waals surface area contributed by atoms with Gasteiger partial charge < -0.3 is 15.4 Å². The number of alkyl halides is 1. The van der Waals surface area contributed by atoms with Crippen LogP contribution in [0.4, 0.5) is 4.39 Å². The van der Waals surface area contributed by atoms with E-state index >= 15 is 0 Å². The fraction of sp³-hybridized carbons (Fsp3) is 0.857. The third-order valence-electron chi connectivity index (χ3n) is 1.12. The number of ether oxygens (including phenoxy) is 1. The topological polar surface area (TPSA) is 33.3 Å². The monoisotopic (exact) mass is 194 g/mol. The van der Waals surface area contributed by atoms with Crippen LogP contribution in [0.1, 0.15) is 6.92 Å². The Bertz CT molecular complexity index is 124. The summed E-state index contributed by atoms with van der Waals surface area (Å²) in [5, 5.41) is 6.06. The number of hydrogen-bond acceptors (Lipinski definition) is 2. The highest BCUT2D eigenvalue weighted by Crippen LogP contribution is 1.72. The summed E-state index contributed by atoms with van der Waals surface area (Å²) < 4.78 is 16.7. The second-order valence-corrected chi connectivity index (χ2v) is 2.48. The van der Waals surface area contributed by atoms with Crippen LogP contribution in [0, 0.1) is 0 Å². The van der Waals surface area contributed by atoms with Gasteiger partial charge in [0.15, 0.2) is 5.11 Å². The lowest BCUT2D eigenvalue weighted by Crippen LogP contribution is -2.38. The molecule has 0 spiro atoms. The quantitative estimate of drug-likeness (QED) is 0.475. The van der Waals surface area contributed by atoms with Crippen molar-refractivity contribution in [2.24, 2.45) is 0 Å². The molecule has 0 aliphatic heterocycles. The summed E-state index contributed by atoms with van der Waals surface area (Å²) in [7, 11) is 0. The molecule has 3 nitrogen and oxygen atoms in total. The SMILES string of the molecule is CCOCCNC(=S)NCCF. The average Bonchev–Trinajstić information content (AvgIpc) is 2.09. The molecule has 0 saturated carbocycles. The molecule has 0 radical (unpaired) electrons. The fourth-order valence-electron chi connectivity index (χ4n) is 0.604. The lowest BCUT2D eigenvalue weighted by Gasteiger charge is -2.08. The highest BCUT2D eigenvalue weighted by Gasteiger charge is 1.92. The van der Waals surface area contributed by atoms with Crippen molar-refractivity contribution in [2.45, 2.75) is 6.92 Å². The maximum atomic E-state index is 11.6. The lowest BCUT2D eigenvalue weighted by atomic mass is 10.6. The summed E-state index contributed by atoms with van der Waals surface area (Å²) in [6.07, 6.45) is 0. The molecule has 5 heteroatoms. The predicted octanol–water partition coefficient (Wildman–Crippen LogP) is 0.457. The Hall–Kier alpha value is -0.420. The first kappa shape index (κ1) is 11.6. The van der Waals surface area contributed by atoms with Gasteiger partial charge in [0.2, 0.25) is 0 Å². The number of thiocarbonyl (C=S) groups is 1. The molecule has 0 aliphatic rings. The van der Waals surface area contributed by atoms with E-state index in [0.29, 0.717) is 24.9 Å². The van der Waals surface area contributed by atoms with Gasteiger partial charge >= 0.3 is 0 Å². The maximum Gasteiger partial charge on any atom is 0.166 e. The van der Waals surface area contributed by atoms with E-state index in [1.807, 2.05) is 6.92 Å². The third-order valence-corrected chi connectivity index (χ3v) is 1.40. The summed E-state index contributed by atoms with van der Waals surface area (Å²) in [4.78, 5) is 0. The highest BCUT2D eigenvalue weighted by atomic mass is 32.1. The van der Waals surface area contributed by atoms with Crippen LogP contribution < -0.4 is 10.6 Å². The number of nitrogens with one attached hydrogen (secondary N) is 2. The first-order valence-electron chi connectivity index (χ1n) is 3.96. The van der Waals surface area contributed by atoms with Crippen LogP contribution in [0.25, 0.3) is 0 Å². The molecule has 0 aromatic carbocycles. The van der Waals surface area contributed by atoms with E-state index in [1.165, 1.54) is 0 Å². The second-order valence-electron chi connectivity index (χ2n) is 2.07. The van der Waals surface area contributed by atoms with Crippen LogP contribution in [0.5, 0.6) is 0 Å². The Morgan fingerprint density at radius 3 is 2.67 bits per heavy atom. The van der Waals surface area contributed by atoms with E-state index in [9.17, 15) is 4.39 Å². The van der Waals surface area contributed by atoms with Gasteiger partial charge in [-0.15, -0.1) is 0 Å². The molecule has 0 aromatic rings. The van der Waals surface area contributed by atoms with Crippen molar-refractivity contribution >= 4 is 17.3 Å². The van der Waals surface area contributed by atoms with E-state index < -0.39 is 6.67 Å². The Kier molecular flexibility index (Phi) is 8.37. The molecule has 0 fully saturated rings. The largest absolute Gasteiger partial charge is 0.380 e. The Morgan fingerprint density at radius 1 is 1.42 bits per heavy atom. The van der Waals surface area contributed by atoms with Gasteiger partial charge in [-0.05, 0) is 19.1 Å². The highest BCUT2D eigenvalue weighted by molar-refractivity contribution is 7.80. The van der Waals surface area contributed by atoms with Crippen LogP contribution in [0.3, 0.4) is 0 Å². The maximum absolute atomic E-state index is 11.6. The summed E-state index contributed by atoms with van der Waals surface area (Å²) >= 11 is 4.82. The van der Waals surface area contributed by atoms with E-state index in [0.717, 1.165) is 0 Å². The number of hydrogen-bond donors (Lipinski definition) is 2. The molecule has 0 amide bonds. The normalized spacial score (nSPS) is 9.50. The van der Waals surface area contributed by atoms with Gasteiger partial charge in [0.25, 0.3) is 0 Å². The van der Waals surface area contributed by atoms with Crippen molar-refractivity contribution in [3.63, 3.8) is 0 Å². The molecular weight excluding hydrogens is 179 g/mol. The average molecular weight is 194 g/mol. The Balaban J connectivity index is 3.08. The standard InChI is InChI=1S/C7H15FN2OS/c1-2-11-6-5-10-7(12)9-4-3-8/h2-6H2,1H3,(H2,9,10,12). The lowest BCUT2D eigenvalue weighted by molar-refractivity contribution is 0.152. The van der Waals surface area contributed by atoms with E-state index in [4.69, 9.17) is 17.0 Å². The van der Waals surface area contributed by atoms with Crippen LogP contribution >= 0.6 is 12.2 Å². The first-order valence-corrected chi connectivity index (χ1v) is 4.37. The third kappa shape index (κ3) is 7.68. The molecule has 72 valence electrons. The minimum absolute atomic E-state index is 0.264. The predicted molar refractivity (Wildman–Crippen MR) is 51.1 cm³/mol. The molecule has 0 atom stereocenters. The number of halogens is 1. The summed E-state index contributed by atoms with van der Waals surface area (Å²) in [5.74, 6) is 0. The minimum atomic E-state index is -0.409. The number of rotatable bonds is 6. The van der Waals surface area contributed by atoms with Crippen molar-refractivity contribution < 1.29 is 9.13 Å². The molecule has 0 bridgehead atoms. The smallest absolute Gasteiger partial charge is 0.166 e. The van der Waals surface area contributed by atoms with Gasteiger partial charge in [-0.25, -0.2) is 4.39 Å². The van der Waals surface area contributed by atoms with E-state index in [2.05, 4.69) is 10.6 Å². The van der Waals surface area contributed by atoms with Gasteiger partial charge in [0, 0.05) is 19.7 Å². The minimum Gasteiger partial charge on any atom is -0.380 e. The molecular formula is C7H15FN2OS. The molecule has 0 unspecified atom stereocenters. The Labute approximate surface area is 77.7 Å². The summed E-state index contributed by atoms with van der Waals surface area (Å²) in [5.41, 5.74) is 0. The van der Waals surface area contributed by atoms with Gasteiger partial charge in [0.05, 0.1) is 6.61 Å². The van der Waals surface area contributed by atoms with Gasteiger partial charge in [-0.3, -0.25) is 0 Å². The second kappa shape index (κ2) is 8.67. The summed E-state index contributed by atoms with van der Waals surface area (Å²) in [6.45, 7) is 3.76. The zero-order valence-corrected chi connectivity index (χ0v) is 8.05. The van der Waals surface area contributed by atoms with Crippen molar-refractivity contribution in [3.05, 3.63) is 0 Å². The zero-order valence-electron chi connectivity index (χ0n) is 7.23. The zero-order chi connectivity index (χ0) is 9.23. The van der Waals surface area contributed by atoms with Crippen molar-refractivity contribution in [2.75, 3.05) is 33.0 Å². The van der Waals surface area contributed by atoms with Crippen LogP contribution in [0.15, 0.2) is 0 Å². The molecule has 2 N–H and O–H groups in total. The van der Waals surface area contributed by atoms with E-state index in [1.54, 1.807) is 0 Å². The molecule has 12 heavy (non-hydrogen) atoms. The van der Waals surface area contributed by atoms with Crippen molar-refractivity contribution in [3.8, 4) is 0 Å². The van der Waals surface area contributed by atoms with Gasteiger partial charge in [-0.2, -0.15) is 0 Å².